The average molecular weight is 547 g/mol. The van der Waals surface area contributed by atoms with E-state index in [0.29, 0.717) is 47.3 Å². The molecule has 11 heteroatoms. The van der Waals surface area contributed by atoms with Gasteiger partial charge in [-0.2, -0.15) is 4.31 Å². The molecule has 4 rings (SSSR count). The Morgan fingerprint density at radius 2 is 1.65 bits per heavy atom. The Morgan fingerprint density at radius 1 is 0.941 bits per heavy atom. The first-order valence-electron chi connectivity index (χ1n) is 11.2. The molecule has 34 heavy (non-hydrogen) atoms. The van der Waals surface area contributed by atoms with Crippen LogP contribution in [0, 0.1) is 0 Å². The number of carbonyl (C=O) groups excluding carboxylic acids is 1. The molecule has 0 aromatic heterocycles. The van der Waals surface area contributed by atoms with Gasteiger partial charge in [-0.25, -0.2) is 8.42 Å². The van der Waals surface area contributed by atoms with Crippen molar-refractivity contribution in [2.45, 2.75) is 42.7 Å². The van der Waals surface area contributed by atoms with Crippen molar-refractivity contribution in [1.29, 1.82) is 0 Å². The summed E-state index contributed by atoms with van der Waals surface area (Å²) in [6, 6.07) is 9.16. The zero-order valence-electron chi connectivity index (χ0n) is 18.4. The zero-order chi connectivity index (χ0) is 24.3. The van der Waals surface area contributed by atoms with E-state index in [-0.39, 0.29) is 28.0 Å². The maximum atomic E-state index is 13.2. The number of nitrogens with one attached hydrogen (secondary N) is 2. The Morgan fingerprint density at radius 3 is 2.29 bits per heavy atom. The van der Waals surface area contributed by atoms with E-state index < -0.39 is 10.0 Å². The van der Waals surface area contributed by atoms with Crippen molar-refractivity contribution in [1.82, 2.24) is 14.9 Å². The Bertz CT molecular complexity index is 1150. The number of ether oxygens (including phenoxy) is 1. The monoisotopic (exact) mass is 545 g/mol. The van der Waals surface area contributed by atoms with Gasteiger partial charge in [0, 0.05) is 24.7 Å². The van der Waals surface area contributed by atoms with Crippen LogP contribution in [0.3, 0.4) is 0 Å². The topological polar surface area (TPSA) is 87.7 Å². The molecular weight excluding hydrogens is 521 g/mol. The number of nitrogens with zero attached hydrogens (tertiary/aromatic N) is 1. The van der Waals surface area contributed by atoms with Gasteiger partial charge >= 0.3 is 0 Å². The van der Waals surface area contributed by atoms with Crippen LogP contribution in [0.25, 0.3) is 0 Å². The van der Waals surface area contributed by atoms with Gasteiger partial charge in [0.2, 0.25) is 10.0 Å². The van der Waals surface area contributed by atoms with Crippen LogP contribution < -0.4 is 15.4 Å². The van der Waals surface area contributed by atoms with Crippen LogP contribution in [0.15, 0.2) is 41.3 Å². The molecule has 2 heterocycles. The highest BCUT2D eigenvalue weighted by molar-refractivity contribution is 7.89. The molecule has 0 radical (unpaired) electrons. The van der Waals surface area contributed by atoms with Gasteiger partial charge in [0.25, 0.3) is 5.91 Å². The lowest BCUT2D eigenvalue weighted by molar-refractivity contribution is 0.0924. The number of hydrogen-bond acceptors (Lipinski definition) is 5. The molecule has 2 aromatic rings. The van der Waals surface area contributed by atoms with E-state index in [2.05, 4.69) is 10.6 Å². The normalized spacial score (nSPS) is 18.6. The highest BCUT2D eigenvalue weighted by Gasteiger charge is 2.31. The van der Waals surface area contributed by atoms with Gasteiger partial charge in [0.05, 0.1) is 20.0 Å². The lowest BCUT2D eigenvalue weighted by atomic mass is 10.1. The predicted octanol–water partition coefficient (Wildman–Crippen LogP) is 4.36. The number of benzene rings is 2. The molecule has 2 aromatic carbocycles. The van der Waals surface area contributed by atoms with Crippen molar-refractivity contribution in [3.05, 3.63) is 57.0 Å². The largest absolute Gasteiger partial charge is 0.489 e. The summed E-state index contributed by atoms with van der Waals surface area (Å²) in [7, 11) is -3.71. The minimum absolute atomic E-state index is 0.0688. The maximum absolute atomic E-state index is 13.2. The molecule has 1 amide bonds. The smallest absolute Gasteiger partial charge is 0.251 e. The van der Waals surface area contributed by atoms with E-state index in [9.17, 15) is 13.2 Å². The van der Waals surface area contributed by atoms with Gasteiger partial charge in [-0.05, 0) is 75.2 Å². The fourth-order valence-electron chi connectivity index (χ4n) is 4.13. The Balaban J connectivity index is 1.35. The number of amides is 1. The van der Waals surface area contributed by atoms with Crippen LogP contribution in [0.2, 0.25) is 15.1 Å². The van der Waals surface area contributed by atoms with Crippen molar-refractivity contribution in [3.63, 3.8) is 0 Å². The Labute approximate surface area is 214 Å². The molecule has 0 spiro atoms. The van der Waals surface area contributed by atoms with Crippen molar-refractivity contribution < 1.29 is 17.9 Å². The Kier molecular flexibility index (Phi) is 8.28. The zero-order valence-corrected chi connectivity index (χ0v) is 21.5. The molecule has 2 N–H and O–H groups in total. The molecule has 184 valence electrons. The molecule has 0 aliphatic carbocycles. The summed E-state index contributed by atoms with van der Waals surface area (Å²) in [5.41, 5.74) is 0.408. The average Bonchev–Trinajstić information content (AvgIpc) is 2.83. The first-order valence-corrected chi connectivity index (χ1v) is 13.7. The van der Waals surface area contributed by atoms with Gasteiger partial charge < -0.3 is 15.4 Å². The van der Waals surface area contributed by atoms with Gasteiger partial charge in [-0.3, -0.25) is 4.79 Å². The van der Waals surface area contributed by atoms with Crippen molar-refractivity contribution in [3.8, 4) is 5.75 Å². The predicted molar refractivity (Wildman–Crippen MR) is 134 cm³/mol. The fourth-order valence-corrected chi connectivity index (χ4v) is 6.21. The third-order valence-corrected chi connectivity index (χ3v) is 9.02. The molecular formula is C23H26Cl3N3O4S. The van der Waals surface area contributed by atoms with E-state index in [1.54, 1.807) is 18.2 Å². The molecule has 7 nitrogen and oxygen atoms in total. The van der Waals surface area contributed by atoms with E-state index in [1.807, 2.05) is 0 Å². The first kappa shape index (κ1) is 25.5. The van der Waals surface area contributed by atoms with Crippen LogP contribution in [-0.4, -0.2) is 57.0 Å². The summed E-state index contributed by atoms with van der Waals surface area (Å²) >= 11 is 18.3. The van der Waals surface area contributed by atoms with E-state index >= 15 is 0 Å². The van der Waals surface area contributed by atoms with Crippen LogP contribution in [0.1, 0.15) is 36.0 Å². The van der Waals surface area contributed by atoms with Crippen LogP contribution in [0.4, 0.5) is 0 Å². The van der Waals surface area contributed by atoms with Gasteiger partial charge in [0.15, 0.2) is 0 Å². The van der Waals surface area contributed by atoms with E-state index in [1.165, 1.54) is 22.5 Å². The summed E-state index contributed by atoms with van der Waals surface area (Å²) in [4.78, 5) is 12.6. The van der Waals surface area contributed by atoms with Crippen LogP contribution in [0.5, 0.6) is 5.75 Å². The second-order valence-corrected chi connectivity index (χ2v) is 11.6. The molecule has 0 saturated carbocycles. The Hall–Kier alpha value is -1.55. The van der Waals surface area contributed by atoms with Gasteiger partial charge in [-0.1, -0.05) is 34.8 Å². The maximum Gasteiger partial charge on any atom is 0.251 e. The highest BCUT2D eigenvalue weighted by atomic mass is 35.5. The highest BCUT2D eigenvalue weighted by Crippen LogP contribution is 2.31. The molecule has 0 unspecified atom stereocenters. The lowest BCUT2D eigenvalue weighted by Crippen LogP contribution is -2.46. The third kappa shape index (κ3) is 5.98. The van der Waals surface area contributed by atoms with Crippen molar-refractivity contribution in [2.24, 2.45) is 0 Å². The van der Waals surface area contributed by atoms with E-state index in [0.717, 1.165) is 25.9 Å². The first-order chi connectivity index (χ1) is 16.2. The SMILES string of the molecule is O=C(NC1CCN(S(=O)(=O)c2ccc(OC3CCNCC3)c(Cl)c2)CC1)c1ccc(Cl)c(Cl)c1. The number of carbonyl (C=O) groups is 1. The second kappa shape index (κ2) is 11.0. The number of halogens is 3. The number of hydrogen-bond donors (Lipinski definition) is 2. The quantitative estimate of drug-likeness (QED) is 0.562. The minimum Gasteiger partial charge on any atom is -0.489 e. The van der Waals surface area contributed by atoms with Gasteiger partial charge in [-0.15, -0.1) is 0 Å². The number of piperidine rings is 2. The summed E-state index contributed by atoms with van der Waals surface area (Å²) in [6.45, 7) is 2.36. The minimum atomic E-state index is -3.71. The number of rotatable bonds is 6. The standard InChI is InChI=1S/C23H26Cl3N3O4S/c24-19-3-1-15(13-20(19)25)23(30)28-16-7-11-29(12-8-16)34(31,32)18-2-4-22(21(26)14-18)33-17-5-9-27-10-6-17/h1-4,13-14,16-17,27H,5-12H2,(H,28,30). The molecule has 0 atom stereocenters. The molecule has 2 saturated heterocycles. The van der Waals surface area contributed by atoms with E-state index in [4.69, 9.17) is 39.5 Å². The second-order valence-electron chi connectivity index (χ2n) is 8.44. The summed E-state index contributed by atoms with van der Waals surface area (Å²) in [5, 5.41) is 7.18. The van der Waals surface area contributed by atoms with Crippen LogP contribution >= 0.6 is 34.8 Å². The fraction of sp³-hybridized carbons (Fsp3) is 0.435. The van der Waals surface area contributed by atoms with Crippen LogP contribution in [-0.2, 0) is 10.0 Å². The molecule has 2 aliphatic rings. The summed E-state index contributed by atoms with van der Waals surface area (Å²) in [5.74, 6) is 0.229. The summed E-state index contributed by atoms with van der Waals surface area (Å²) < 4.78 is 33.7. The third-order valence-electron chi connectivity index (χ3n) is 6.09. The molecule has 0 bridgehead atoms. The molecule has 2 aliphatic heterocycles. The number of sulfonamides is 1. The summed E-state index contributed by atoms with van der Waals surface area (Å²) in [6.07, 6.45) is 2.83. The van der Waals surface area contributed by atoms with Gasteiger partial charge in [0.1, 0.15) is 11.9 Å². The van der Waals surface area contributed by atoms with Crippen molar-refractivity contribution in [2.75, 3.05) is 26.2 Å². The van der Waals surface area contributed by atoms with Crippen molar-refractivity contribution >= 4 is 50.7 Å². The lowest BCUT2D eigenvalue weighted by Gasteiger charge is -2.31. The molecule has 2 fully saturated rings.